The molecule has 216 valence electrons. The highest BCUT2D eigenvalue weighted by molar-refractivity contribution is 7.89. The number of fused-ring (bicyclic) bond motifs is 1. The van der Waals surface area contributed by atoms with Crippen molar-refractivity contribution in [3.05, 3.63) is 118 Å². The lowest BCUT2D eigenvalue weighted by Crippen LogP contribution is -2.21. The molecule has 5 rings (SSSR count). The van der Waals surface area contributed by atoms with Gasteiger partial charge >= 0.3 is 5.97 Å². The third kappa shape index (κ3) is 6.13. The molecule has 2 heterocycles. The average molecular weight is 588 g/mol. The first kappa shape index (κ1) is 28.8. The van der Waals surface area contributed by atoms with E-state index < -0.39 is 15.8 Å². The van der Waals surface area contributed by atoms with Crippen LogP contribution in [0.25, 0.3) is 22.0 Å². The summed E-state index contributed by atoms with van der Waals surface area (Å²) in [5.41, 5.74) is 4.09. The Hall–Kier alpha value is -4.70. The second-order valence-electron chi connectivity index (χ2n) is 10.1. The summed E-state index contributed by atoms with van der Waals surface area (Å²) < 4.78 is 46.4. The van der Waals surface area contributed by atoms with Crippen LogP contribution >= 0.6 is 0 Å². The van der Waals surface area contributed by atoms with Crippen molar-refractivity contribution in [3.8, 4) is 11.1 Å². The maximum atomic E-state index is 13.6. The lowest BCUT2D eigenvalue weighted by Gasteiger charge is -2.16. The number of ether oxygens (including phenoxy) is 1. The largest absolute Gasteiger partial charge is 0.461 e. The molecule has 0 saturated carbocycles. The van der Waals surface area contributed by atoms with Crippen molar-refractivity contribution in [2.24, 2.45) is 7.05 Å². The van der Waals surface area contributed by atoms with Gasteiger partial charge in [0.25, 0.3) is 5.56 Å². The number of halogens is 1. The fraction of sp³-hybridized carbons (Fsp3) is 0.188. The molecule has 0 radical (unpaired) electrons. The first-order valence-electron chi connectivity index (χ1n) is 13.3. The van der Waals surface area contributed by atoms with Gasteiger partial charge in [0.1, 0.15) is 17.0 Å². The van der Waals surface area contributed by atoms with Gasteiger partial charge in [0.2, 0.25) is 0 Å². The van der Waals surface area contributed by atoms with Crippen molar-refractivity contribution in [1.82, 2.24) is 9.13 Å². The van der Waals surface area contributed by atoms with Crippen LogP contribution in [-0.2, 0) is 33.9 Å². The summed E-state index contributed by atoms with van der Waals surface area (Å²) in [5, 5.41) is 3.80. The molecule has 0 spiro atoms. The molecule has 0 aliphatic carbocycles. The summed E-state index contributed by atoms with van der Waals surface area (Å²) in [4.78, 5) is 26.8. The third-order valence-corrected chi connectivity index (χ3v) is 7.68. The maximum absolute atomic E-state index is 13.6. The van der Waals surface area contributed by atoms with Crippen LogP contribution in [0.3, 0.4) is 0 Å². The van der Waals surface area contributed by atoms with Crippen LogP contribution < -0.4 is 10.9 Å². The van der Waals surface area contributed by atoms with E-state index in [1.54, 1.807) is 61.1 Å². The predicted octanol–water partition coefficient (Wildman–Crippen LogP) is 5.66. The quantitative estimate of drug-likeness (QED) is 0.224. The topological polar surface area (TPSA) is 99.4 Å². The number of carbonyl (C=O) groups excluding carboxylic acids is 1. The van der Waals surface area contributed by atoms with Gasteiger partial charge < -0.3 is 19.2 Å². The van der Waals surface area contributed by atoms with E-state index in [0.29, 0.717) is 39.0 Å². The molecule has 0 unspecified atom stereocenters. The molecule has 5 aromatic rings. The van der Waals surface area contributed by atoms with Gasteiger partial charge in [-0.15, -0.1) is 0 Å². The number of aromatic nitrogens is 2. The molecule has 10 heteroatoms. The zero-order valence-electron chi connectivity index (χ0n) is 23.4. The molecular weight excluding hydrogens is 557 g/mol. The molecule has 0 bridgehead atoms. The lowest BCUT2D eigenvalue weighted by molar-refractivity contribution is 0.0515. The molecule has 42 heavy (non-hydrogen) atoms. The molecular formula is C32H30FN3O5S. The zero-order chi connectivity index (χ0) is 30.0. The number of benzene rings is 3. The van der Waals surface area contributed by atoms with Gasteiger partial charge in [-0.25, -0.2) is 17.6 Å². The Morgan fingerprint density at radius 1 is 0.952 bits per heavy atom. The van der Waals surface area contributed by atoms with Gasteiger partial charge in [-0.2, -0.15) is 0 Å². The molecule has 0 atom stereocenters. The van der Waals surface area contributed by atoms with Crippen molar-refractivity contribution >= 4 is 38.1 Å². The van der Waals surface area contributed by atoms with E-state index in [0.717, 1.165) is 11.8 Å². The number of hydrogen-bond donors (Lipinski definition) is 1. The van der Waals surface area contributed by atoms with Crippen LogP contribution in [0.1, 0.15) is 28.5 Å². The van der Waals surface area contributed by atoms with Crippen molar-refractivity contribution < 1.29 is 22.3 Å². The molecule has 0 aliphatic rings. The zero-order valence-corrected chi connectivity index (χ0v) is 24.2. The van der Waals surface area contributed by atoms with Gasteiger partial charge in [0, 0.05) is 53.9 Å². The smallest absolute Gasteiger partial charge is 0.354 e. The SMILES string of the molecule is CCOC(=O)c1cc2c(-c3cc(CS(C)(=O)=O)ccc3Nc3ccc(F)cc3)cn(C)c(=O)c2n1Cc1ccccc1. The first-order chi connectivity index (χ1) is 20.0. The van der Waals surface area contributed by atoms with Gasteiger partial charge in [-0.3, -0.25) is 4.79 Å². The van der Waals surface area contributed by atoms with E-state index in [9.17, 15) is 22.4 Å². The number of nitrogens with one attached hydrogen (secondary N) is 1. The number of sulfone groups is 1. The maximum Gasteiger partial charge on any atom is 0.354 e. The van der Waals surface area contributed by atoms with Crippen LogP contribution in [0.5, 0.6) is 0 Å². The van der Waals surface area contributed by atoms with Crippen LogP contribution in [0.4, 0.5) is 15.8 Å². The lowest BCUT2D eigenvalue weighted by atomic mass is 9.99. The average Bonchev–Trinajstić information content (AvgIpc) is 3.32. The van der Waals surface area contributed by atoms with Gasteiger partial charge in [0.15, 0.2) is 9.84 Å². The number of esters is 1. The summed E-state index contributed by atoms with van der Waals surface area (Å²) in [6.45, 7) is 2.13. The van der Waals surface area contributed by atoms with Gasteiger partial charge in [-0.05, 0) is 60.5 Å². The van der Waals surface area contributed by atoms with E-state index in [-0.39, 0.29) is 36.0 Å². The van der Waals surface area contributed by atoms with Gasteiger partial charge in [-0.1, -0.05) is 36.4 Å². The van der Waals surface area contributed by atoms with Crippen molar-refractivity contribution in [3.63, 3.8) is 0 Å². The monoisotopic (exact) mass is 587 g/mol. The van der Waals surface area contributed by atoms with Crippen LogP contribution in [0, 0.1) is 5.82 Å². The van der Waals surface area contributed by atoms with Crippen molar-refractivity contribution in [2.45, 2.75) is 19.2 Å². The number of hydrogen-bond acceptors (Lipinski definition) is 6. The number of nitrogens with zero attached hydrogens (tertiary/aromatic N) is 2. The minimum absolute atomic E-state index is 0.163. The highest BCUT2D eigenvalue weighted by Crippen LogP contribution is 2.37. The van der Waals surface area contributed by atoms with Crippen molar-refractivity contribution in [1.29, 1.82) is 0 Å². The number of rotatable bonds is 9. The molecule has 2 aromatic heterocycles. The highest BCUT2D eigenvalue weighted by atomic mass is 32.2. The second kappa shape index (κ2) is 11.7. The van der Waals surface area contributed by atoms with Crippen molar-refractivity contribution in [2.75, 3.05) is 18.2 Å². The normalized spacial score (nSPS) is 11.5. The Labute approximate surface area is 242 Å². The molecule has 0 saturated heterocycles. The van der Waals surface area contributed by atoms with Gasteiger partial charge in [0.05, 0.1) is 12.4 Å². The molecule has 1 N–H and O–H groups in total. The Balaban J connectivity index is 1.79. The van der Waals surface area contributed by atoms with Crippen LogP contribution in [0.15, 0.2) is 89.9 Å². The highest BCUT2D eigenvalue weighted by Gasteiger charge is 2.24. The Morgan fingerprint density at radius 2 is 1.67 bits per heavy atom. The molecule has 0 aliphatic heterocycles. The Morgan fingerprint density at radius 3 is 2.33 bits per heavy atom. The number of anilines is 2. The van der Waals surface area contributed by atoms with E-state index >= 15 is 0 Å². The Bertz CT molecular complexity index is 1950. The molecule has 8 nitrogen and oxygen atoms in total. The van der Waals surface area contributed by atoms with E-state index in [4.69, 9.17) is 4.74 Å². The summed E-state index contributed by atoms with van der Waals surface area (Å²) in [7, 11) is -1.72. The minimum atomic E-state index is -3.35. The summed E-state index contributed by atoms with van der Waals surface area (Å²) in [6, 6.07) is 22.2. The number of carbonyl (C=O) groups is 1. The van der Waals surface area contributed by atoms with E-state index in [1.807, 2.05) is 30.3 Å². The third-order valence-electron chi connectivity index (χ3n) is 6.83. The number of pyridine rings is 1. The standard InChI is InChI=1S/C32H30FN3O5S/c1-4-41-32(38)29-17-26-27(19-35(2)31(37)30(26)36(29)18-21-8-6-5-7-9-21)25-16-22(20-42(3,39)40)10-15-28(25)34-24-13-11-23(33)12-14-24/h5-17,19,34H,4,18,20H2,1-3H3. The second-order valence-corrected chi connectivity index (χ2v) is 12.3. The number of aryl methyl sites for hydroxylation is 1. The molecule has 0 fully saturated rings. The van der Waals surface area contributed by atoms with Crippen LogP contribution in [0.2, 0.25) is 0 Å². The molecule has 3 aromatic carbocycles. The summed E-state index contributed by atoms with van der Waals surface area (Å²) in [6.07, 6.45) is 2.83. The van der Waals surface area contributed by atoms with Crippen LogP contribution in [-0.4, -0.2) is 36.4 Å². The summed E-state index contributed by atoms with van der Waals surface area (Å²) in [5.74, 6) is -1.13. The van der Waals surface area contributed by atoms with E-state index in [1.165, 1.54) is 16.7 Å². The fourth-order valence-corrected chi connectivity index (χ4v) is 5.78. The Kier molecular flexibility index (Phi) is 8.00. The molecule has 0 amide bonds. The fourth-order valence-electron chi connectivity index (χ4n) is 5.00. The first-order valence-corrected chi connectivity index (χ1v) is 15.4. The predicted molar refractivity (Wildman–Crippen MR) is 162 cm³/mol. The minimum Gasteiger partial charge on any atom is -0.461 e. The summed E-state index contributed by atoms with van der Waals surface area (Å²) >= 11 is 0. The van der Waals surface area contributed by atoms with E-state index in [2.05, 4.69) is 5.32 Å².